The second-order valence-corrected chi connectivity index (χ2v) is 6.64. The summed E-state index contributed by atoms with van der Waals surface area (Å²) in [5.41, 5.74) is 2.75. The van der Waals surface area contributed by atoms with E-state index in [-0.39, 0.29) is 0 Å². The van der Waals surface area contributed by atoms with Crippen molar-refractivity contribution >= 4 is 15.9 Å². The fourth-order valence-corrected chi connectivity index (χ4v) is 3.83. The van der Waals surface area contributed by atoms with Crippen molar-refractivity contribution in [3.8, 4) is 0 Å². The highest BCUT2D eigenvalue weighted by Crippen LogP contribution is 2.54. The first-order chi connectivity index (χ1) is 10.3. The maximum atomic E-state index is 4.51. The zero-order valence-electron chi connectivity index (χ0n) is 12.6. The number of nitrogens with zero attached hydrogens (tertiary/aromatic N) is 2. The molecule has 4 heteroatoms. The van der Waals surface area contributed by atoms with E-state index < -0.39 is 0 Å². The molecule has 3 nitrogen and oxygen atoms in total. The van der Waals surface area contributed by atoms with Gasteiger partial charge in [-0.25, -0.2) is 0 Å². The smallest absolute Gasteiger partial charge is 0.0698 e. The van der Waals surface area contributed by atoms with Crippen LogP contribution in [0, 0.1) is 5.92 Å². The standard InChI is InChI=1S/C17H22BrN3/c1-3-9-21-17(15(18)11-20-21)16(19-2)14-10-13(14)12-7-5-4-6-8-12/h4-8,11,13-14,16,19H,3,9-10H2,1-2H3. The van der Waals surface area contributed by atoms with Crippen LogP contribution in [0.2, 0.25) is 0 Å². The number of aromatic nitrogens is 2. The zero-order valence-corrected chi connectivity index (χ0v) is 14.2. The van der Waals surface area contributed by atoms with E-state index in [1.807, 2.05) is 6.20 Å². The topological polar surface area (TPSA) is 29.9 Å². The van der Waals surface area contributed by atoms with Crippen LogP contribution in [0.4, 0.5) is 0 Å². The number of halogens is 1. The molecule has 1 aromatic heterocycles. The molecule has 3 rings (SSSR count). The molecule has 0 aliphatic heterocycles. The third kappa shape index (κ3) is 2.92. The first kappa shape index (κ1) is 14.8. The van der Waals surface area contributed by atoms with Crippen LogP contribution in [0.3, 0.4) is 0 Å². The lowest BCUT2D eigenvalue weighted by Crippen LogP contribution is -2.23. The lowest BCUT2D eigenvalue weighted by molar-refractivity contribution is 0.454. The van der Waals surface area contributed by atoms with Gasteiger partial charge in [-0.2, -0.15) is 5.10 Å². The molecule has 1 aliphatic carbocycles. The van der Waals surface area contributed by atoms with Crippen LogP contribution in [-0.2, 0) is 6.54 Å². The Balaban J connectivity index is 1.83. The first-order valence-electron chi connectivity index (χ1n) is 7.69. The van der Waals surface area contributed by atoms with Gasteiger partial charge in [-0.05, 0) is 53.2 Å². The van der Waals surface area contributed by atoms with E-state index in [4.69, 9.17) is 0 Å². The number of hydrogen-bond acceptors (Lipinski definition) is 2. The molecule has 1 N–H and O–H groups in total. The van der Waals surface area contributed by atoms with Gasteiger partial charge in [0.05, 0.1) is 22.4 Å². The number of nitrogens with one attached hydrogen (secondary N) is 1. The molecule has 0 saturated heterocycles. The summed E-state index contributed by atoms with van der Waals surface area (Å²) in [5.74, 6) is 1.32. The molecule has 1 fully saturated rings. The Kier molecular flexibility index (Phi) is 4.45. The average molecular weight is 348 g/mol. The summed E-state index contributed by atoms with van der Waals surface area (Å²) in [7, 11) is 2.06. The lowest BCUT2D eigenvalue weighted by atomic mass is 10.0. The van der Waals surface area contributed by atoms with Crippen molar-refractivity contribution in [2.75, 3.05) is 7.05 Å². The van der Waals surface area contributed by atoms with Crippen LogP contribution >= 0.6 is 15.9 Å². The quantitative estimate of drug-likeness (QED) is 0.851. The predicted octanol–water partition coefficient (Wildman–Crippen LogP) is 4.12. The van der Waals surface area contributed by atoms with Gasteiger partial charge in [0, 0.05) is 6.54 Å². The Morgan fingerprint density at radius 2 is 2.14 bits per heavy atom. The van der Waals surface area contributed by atoms with Crippen molar-refractivity contribution in [3.05, 3.63) is 52.3 Å². The second kappa shape index (κ2) is 6.32. The van der Waals surface area contributed by atoms with Gasteiger partial charge in [0.1, 0.15) is 0 Å². The van der Waals surface area contributed by atoms with E-state index >= 15 is 0 Å². The highest BCUT2D eigenvalue weighted by Gasteiger charge is 2.45. The van der Waals surface area contributed by atoms with Crippen molar-refractivity contribution in [1.82, 2.24) is 15.1 Å². The van der Waals surface area contributed by atoms with E-state index in [0.29, 0.717) is 17.9 Å². The normalized spacial score (nSPS) is 22.2. The molecule has 1 aromatic carbocycles. The molecule has 0 spiro atoms. The van der Waals surface area contributed by atoms with Crippen LogP contribution in [0.25, 0.3) is 0 Å². The largest absolute Gasteiger partial charge is 0.311 e. The van der Waals surface area contributed by atoms with Gasteiger partial charge in [-0.3, -0.25) is 4.68 Å². The Bertz CT molecular complexity index is 593. The van der Waals surface area contributed by atoms with Gasteiger partial charge in [0.25, 0.3) is 0 Å². The minimum atomic E-state index is 0.360. The molecule has 21 heavy (non-hydrogen) atoms. The summed E-state index contributed by atoms with van der Waals surface area (Å²) in [6.45, 7) is 3.17. The van der Waals surface area contributed by atoms with Crippen LogP contribution in [0.15, 0.2) is 41.0 Å². The minimum Gasteiger partial charge on any atom is -0.311 e. The molecule has 112 valence electrons. The average Bonchev–Trinajstić information content (AvgIpc) is 3.22. The Hall–Kier alpha value is -1.13. The number of aryl methyl sites for hydroxylation is 1. The van der Waals surface area contributed by atoms with Crippen LogP contribution in [-0.4, -0.2) is 16.8 Å². The fourth-order valence-electron chi connectivity index (χ4n) is 3.29. The van der Waals surface area contributed by atoms with Gasteiger partial charge in [0.2, 0.25) is 0 Å². The van der Waals surface area contributed by atoms with Crippen molar-refractivity contribution in [2.45, 2.75) is 38.3 Å². The molecule has 3 atom stereocenters. The first-order valence-corrected chi connectivity index (χ1v) is 8.49. The molecule has 3 unspecified atom stereocenters. The van der Waals surface area contributed by atoms with Gasteiger partial charge in [0.15, 0.2) is 0 Å². The molecule has 0 amide bonds. The van der Waals surface area contributed by atoms with E-state index in [0.717, 1.165) is 17.4 Å². The minimum absolute atomic E-state index is 0.360. The monoisotopic (exact) mass is 347 g/mol. The van der Waals surface area contributed by atoms with Crippen molar-refractivity contribution in [3.63, 3.8) is 0 Å². The molecule has 0 radical (unpaired) electrons. The van der Waals surface area contributed by atoms with E-state index in [1.54, 1.807) is 0 Å². The third-order valence-electron chi connectivity index (χ3n) is 4.37. The van der Waals surface area contributed by atoms with E-state index in [1.165, 1.54) is 17.7 Å². The predicted molar refractivity (Wildman–Crippen MR) is 89.3 cm³/mol. The molecular formula is C17H22BrN3. The van der Waals surface area contributed by atoms with Gasteiger partial charge < -0.3 is 5.32 Å². The van der Waals surface area contributed by atoms with Crippen LogP contribution in [0.1, 0.15) is 43.0 Å². The number of benzene rings is 1. The number of hydrogen-bond donors (Lipinski definition) is 1. The summed E-state index contributed by atoms with van der Waals surface area (Å²) in [4.78, 5) is 0. The van der Waals surface area contributed by atoms with Gasteiger partial charge in [-0.1, -0.05) is 37.3 Å². The van der Waals surface area contributed by atoms with Gasteiger partial charge >= 0.3 is 0 Å². The molecule has 1 aliphatic rings. The fraction of sp³-hybridized carbons (Fsp3) is 0.471. The van der Waals surface area contributed by atoms with E-state index in [2.05, 4.69) is 75.3 Å². The SMILES string of the molecule is CCCn1ncc(Br)c1C(NC)C1CC1c1ccccc1. The van der Waals surface area contributed by atoms with Crippen LogP contribution in [0.5, 0.6) is 0 Å². The highest BCUT2D eigenvalue weighted by atomic mass is 79.9. The Morgan fingerprint density at radius 3 is 2.81 bits per heavy atom. The maximum absolute atomic E-state index is 4.51. The summed E-state index contributed by atoms with van der Waals surface area (Å²) >= 11 is 3.68. The summed E-state index contributed by atoms with van der Waals surface area (Å²) in [6.07, 6.45) is 4.28. The third-order valence-corrected chi connectivity index (χ3v) is 4.98. The summed E-state index contributed by atoms with van der Waals surface area (Å²) in [6, 6.07) is 11.2. The van der Waals surface area contributed by atoms with Crippen LogP contribution < -0.4 is 5.32 Å². The van der Waals surface area contributed by atoms with Crippen molar-refractivity contribution in [2.24, 2.45) is 5.92 Å². The Labute approximate surface area is 134 Å². The molecule has 1 saturated carbocycles. The maximum Gasteiger partial charge on any atom is 0.0698 e. The second-order valence-electron chi connectivity index (χ2n) is 5.78. The molecule has 1 heterocycles. The zero-order chi connectivity index (χ0) is 14.8. The molecule has 2 aromatic rings. The van der Waals surface area contributed by atoms with Gasteiger partial charge in [-0.15, -0.1) is 0 Å². The lowest BCUT2D eigenvalue weighted by Gasteiger charge is -2.19. The highest BCUT2D eigenvalue weighted by molar-refractivity contribution is 9.10. The number of rotatable bonds is 6. The summed E-state index contributed by atoms with van der Waals surface area (Å²) in [5, 5.41) is 8.03. The Morgan fingerprint density at radius 1 is 1.38 bits per heavy atom. The van der Waals surface area contributed by atoms with Crippen molar-refractivity contribution in [1.29, 1.82) is 0 Å². The summed E-state index contributed by atoms with van der Waals surface area (Å²) < 4.78 is 3.26. The van der Waals surface area contributed by atoms with E-state index in [9.17, 15) is 0 Å². The molecule has 0 bridgehead atoms. The van der Waals surface area contributed by atoms with Crippen molar-refractivity contribution < 1.29 is 0 Å². The molecular weight excluding hydrogens is 326 g/mol.